The van der Waals surface area contributed by atoms with Gasteiger partial charge in [0.15, 0.2) is 5.11 Å². The largest absolute Gasteiger partial charge is 0.332 e. The molecule has 19 heavy (non-hydrogen) atoms. The fraction of sp³-hybridized carbons (Fsp3) is 0.0714. The maximum Gasteiger partial charge on any atom is 0.175 e. The van der Waals surface area contributed by atoms with Crippen LogP contribution in [-0.4, -0.2) is 11.4 Å². The summed E-state index contributed by atoms with van der Waals surface area (Å²) in [4.78, 5) is 1.12. The molecule has 5 heteroatoms. The number of thiocarbonyl (C=S) groups is 1. The van der Waals surface area contributed by atoms with E-state index < -0.39 is 0 Å². The van der Waals surface area contributed by atoms with Crippen LogP contribution in [0.15, 0.2) is 53.4 Å². The van der Waals surface area contributed by atoms with E-state index >= 15 is 0 Å². The SMILES string of the molecule is CSc1ccccc1NC(=S)Nc1ccc(F)cc1. The molecule has 2 aromatic carbocycles. The van der Waals surface area contributed by atoms with E-state index in [2.05, 4.69) is 10.6 Å². The highest BCUT2D eigenvalue weighted by Crippen LogP contribution is 2.24. The molecule has 2 aromatic rings. The number of para-hydroxylation sites is 1. The number of nitrogens with one attached hydrogen (secondary N) is 2. The molecule has 0 saturated heterocycles. The Hall–Kier alpha value is -1.59. The molecule has 2 nitrogen and oxygen atoms in total. The molecule has 2 N–H and O–H groups in total. The van der Waals surface area contributed by atoms with Crippen molar-refractivity contribution < 1.29 is 4.39 Å². The summed E-state index contributed by atoms with van der Waals surface area (Å²) in [5, 5.41) is 6.62. The second kappa shape index (κ2) is 6.54. The molecular formula is C14H13FN2S2. The van der Waals surface area contributed by atoms with Crippen LogP contribution in [-0.2, 0) is 0 Å². The number of thioether (sulfide) groups is 1. The molecule has 0 spiro atoms. The van der Waals surface area contributed by atoms with Crippen molar-refractivity contribution in [2.75, 3.05) is 16.9 Å². The molecule has 0 heterocycles. The quantitative estimate of drug-likeness (QED) is 0.648. The summed E-state index contributed by atoms with van der Waals surface area (Å²) in [7, 11) is 0. The van der Waals surface area contributed by atoms with E-state index in [1.165, 1.54) is 12.1 Å². The first-order valence-electron chi connectivity index (χ1n) is 5.65. The average Bonchev–Trinajstić information content (AvgIpc) is 2.42. The van der Waals surface area contributed by atoms with E-state index in [-0.39, 0.29) is 5.82 Å². The zero-order valence-corrected chi connectivity index (χ0v) is 11.9. The third kappa shape index (κ3) is 3.94. The van der Waals surface area contributed by atoms with Gasteiger partial charge in [-0.05, 0) is 54.9 Å². The highest BCUT2D eigenvalue weighted by Gasteiger charge is 2.03. The van der Waals surface area contributed by atoms with Gasteiger partial charge in [-0.25, -0.2) is 4.39 Å². The molecule has 0 bridgehead atoms. The van der Waals surface area contributed by atoms with Crippen molar-refractivity contribution in [3.8, 4) is 0 Å². The van der Waals surface area contributed by atoms with E-state index in [1.807, 2.05) is 30.5 Å². The van der Waals surface area contributed by atoms with Crippen LogP contribution in [0.4, 0.5) is 15.8 Å². The summed E-state index contributed by atoms with van der Waals surface area (Å²) in [5.74, 6) is -0.267. The third-order valence-corrected chi connectivity index (χ3v) is 3.46. The van der Waals surface area contributed by atoms with Crippen molar-refractivity contribution >= 4 is 40.5 Å². The molecule has 0 aromatic heterocycles. The van der Waals surface area contributed by atoms with Gasteiger partial charge in [-0.3, -0.25) is 0 Å². The van der Waals surface area contributed by atoms with E-state index in [1.54, 1.807) is 23.9 Å². The minimum absolute atomic E-state index is 0.267. The summed E-state index contributed by atoms with van der Waals surface area (Å²) >= 11 is 6.88. The minimum atomic E-state index is -0.267. The van der Waals surface area contributed by atoms with Crippen molar-refractivity contribution in [1.82, 2.24) is 0 Å². The van der Waals surface area contributed by atoms with Crippen molar-refractivity contribution in [2.24, 2.45) is 0 Å². The number of hydrogen-bond donors (Lipinski definition) is 2. The van der Waals surface area contributed by atoms with Gasteiger partial charge in [0, 0.05) is 10.6 Å². The lowest BCUT2D eigenvalue weighted by Gasteiger charge is -2.12. The Balaban J connectivity index is 2.03. The number of halogens is 1. The minimum Gasteiger partial charge on any atom is -0.332 e. The molecule has 0 radical (unpaired) electrons. The van der Waals surface area contributed by atoms with Crippen LogP contribution >= 0.6 is 24.0 Å². The smallest absolute Gasteiger partial charge is 0.175 e. The molecule has 0 fully saturated rings. The van der Waals surface area contributed by atoms with Crippen LogP contribution in [0.5, 0.6) is 0 Å². The van der Waals surface area contributed by atoms with Gasteiger partial charge in [0.1, 0.15) is 5.82 Å². The summed E-state index contributed by atoms with van der Waals surface area (Å²) in [6.07, 6.45) is 2.01. The number of hydrogen-bond acceptors (Lipinski definition) is 2. The lowest BCUT2D eigenvalue weighted by molar-refractivity contribution is 0.628. The van der Waals surface area contributed by atoms with Crippen LogP contribution in [0.2, 0.25) is 0 Å². The number of rotatable bonds is 3. The summed E-state index contributed by atoms with van der Waals surface area (Å²) in [6, 6.07) is 14.0. The summed E-state index contributed by atoms with van der Waals surface area (Å²) in [5.41, 5.74) is 1.70. The number of benzene rings is 2. The first-order valence-corrected chi connectivity index (χ1v) is 7.29. The first-order chi connectivity index (χ1) is 9.19. The maximum atomic E-state index is 12.8. The molecule has 0 atom stereocenters. The van der Waals surface area contributed by atoms with Crippen LogP contribution in [0.1, 0.15) is 0 Å². The van der Waals surface area contributed by atoms with Crippen molar-refractivity contribution in [1.29, 1.82) is 0 Å². The van der Waals surface area contributed by atoms with Crippen molar-refractivity contribution in [2.45, 2.75) is 4.90 Å². The van der Waals surface area contributed by atoms with E-state index in [9.17, 15) is 4.39 Å². The van der Waals surface area contributed by atoms with Crippen LogP contribution in [0.3, 0.4) is 0 Å². The van der Waals surface area contributed by atoms with Gasteiger partial charge >= 0.3 is 0 Å². The third-order valence-electron chi connectivity index (χ3n) is 2.46. The molecular weight excluding hydrogens is 279 g/mol. The Kier molecular flexibility index (Phi) is 4.76. The van der Waals surface area contributed by atoms with Gasteiger partial charge in [-0.15, -0.1) is 11.8 Å². The van der Waals surface area contributed by atoms with Gasteiger partial charge in [-0.1, -0.05) is 12.1 Å². The number of anilines is 2. The van der Waals surface area contributed by atoms with E-state index in [4.69, 9.17) is 12.2 Å². The Labute approximate surface area is 121 Å². The van der Waals surface area contributed by atoms with Gasteiger partial charge in [-0.2, -0.15) is 0 Å². The fourth-order valence-electron chi connectivity index (χ4n) is 1.57. The zero-order valence-electron chi connectivity index (χ0n) is 10.3. The predicted octanol–water partition coefficient (Wildman–Crippen LogP) is 4.36. The van der Waals surface area contributed by atoms with Crippen LogP contribution in [0.25, 0.3) is 0 Å². The summed E-state index contributed by atoms with van der Waals surface area (Å²) < 4.78 is 12.8. The monoisotopic (exact) mass is 292 g/mol. The maximum absolute atomic E-state index is 12.8. The van der Waals surface area contributed by atoms with Crippen LogP contribution < -0.4 is 10.6 Å². The van der Waals surface area contributed by atoms with Gasteiger partial charge < -0.3 is 10.6 Å². The van der Waals surface area contributed by atoms with Gasteiger partial charge in [0.05, 0.1) is 5.69 Å². The molecule has 0 aliphatic carbocycles. The second-order valence-electron chi connectivity index (χ2n) is 3.79. The Bertz CT molecular complexity index is 570. The lowest BCUT2D eigenvalue weighted by Crippen LogP contribution is -2.19. The van der Waals surface area contributed by atoms with E-state index in [0.717, 1.165) is 16.3 Å². The van der Waals surface area contributed by atoms with E-state index in [0.29, 0.717) is 5.11 Å². The summed E-state index contributed by atoms with van der Waals surface area (Å²) in [6.45, 7) is 0. The van der Waals surface area contributed by atoms with Crippen LogP contribution in [0, 0.1) is 5.82 Å². The topological polar surface area (TPSA) is 24.1 Å². The molecule has 0 aliphatic heterocycles. The molecule has 0 unspecified atom stereocenters. The molecule has 98 valence electrons. The standard InChI is InChI=1S/C14H13FN2S2/c1-19-13-5-3-2-4-12(13)17-14(18)16-11-8-6-10(15)7-9-11/h2-9H,1H3,(H2,16,17,18). The normalized spacial score (nSPS) is 10.0. The lowest BCUT2D eigenvalue weighted by atomic mass is 10.3. The predicted molar refractivity (Wildman–Crippen MR) is 84.5 cm³/mol. The average molecular weight is 292 g/mol. The van der Waals surface area contributed by atoms with Crippen molar-refractivity contribution in [3.63, 3.8) is 0 Å². The highest BCUT2D eigenvalue weighted by molar-refractivity contribution is 7.98. The first kappa shape index (κ1) is 13.8. The molecule has 2 rings (SSSR count). The zero-order chi connectivity index (χ0) is 13.7. The Morgan fingerprint density at radius 2 is 1.74 bits per heavy atom. The Morgan fingerprint density at radius 3 is 2.42 bits per heavy atom. The highest BCUT2D eigenvalue weighted by atomic mass is 32.2. The molecule has 0 aliphatic rings. The fourth-order valence-corrected chi connectivity index (χ4v) is 2.35. The Morgan fingerprint density at radius 1 is 1.05 bits per heavy atom. The van der Waals surface area contributed by atoms with Crippen molar-refractivity contribution in [3.05, 3.63) is 54.3 Å². The second-order valence-corrected chi connectivity index (χ2v) is 5.04. The van der Waals surface area contributed by atoms with Gasteiger partial charge in [0.25, 0.3) is 0 Å². The molecule has 0 amide bonds. The molecule has 0 saturated carbocycles. The van der Waals surface area contributed by atoms with Gasteiger partial charge in [0.2, 0.25) is 0 Å².